The third-order valence-corrected chi connectivity index (χ3v) is 4.66. The molecule has 0 fully saturated rings. The molecule has 0 amide bonds. The van der Waals surface area contributed by atoms with E-state index in [2.05, 4.69) is 47.1 Å². The molecule has 0 aliphatic carbocycles. The van der Waals surface area contributed by atoms with Crippen molar-refractivity contribution in [3.05, 3.63) is 56.6 Å². The molecule has 1 aromatic carbocycles. The molecule has 4 nitrogen and oxygen atoms in total. The Morgan fingerprint density at radius 1 is 1.20 bits per heavy atom. The van der Waals surface area contributed by atoms with E-state index in [-0.39, 0.29) is 0 Å². The van der Waals surface area contributed by atoms with Crippen LogP contribution in [-0.4, -0.2) is 14.4 Å². The molecular formula is C13H9Br2ClN4. The van der Waals surface area contributed by atoms with E-state index in [0.29, 0.717) is 11.6 Å². The van der Waals surface area contributed by atoms with E-state index >= 15 is 0 Å². The highest BCUT2D eigenvalue weighted by atomic mass is 79.9. The Balaban J connectivity index is 1.87. The largest absolute Gasteiger partial charge is 0.378 e. The Hall–Kier alpha value is -1.11. The van der Waals surface area contributed by atoms with Crippen LogP contribution in [0.1, 0.15) is 5.69 Å². The van der Waals surface area contributed by atoms with Crippen molar-refractivity contribution in [2.45, 2.75) is 6.54 Å². The third kappa shape index (κ3) is 2.68. The lowest BCUT2D eigenvalue weighted by Crippen LogP contribution is -2.03. The number of hydrogen-bond donors (Lipinski definition) is 1. The predicted molar refractivity (Wildman–Crippen MR) is 87.2 cm³/mol. The van der Waals surface area contributed by atoms with E-state index in [9.17, 15) is 0 Å². The van der Waals surface area contributed by atoms with Gasteiger partial charge in [0.2, 0.25) is 0 Å². The van der Waals surface area contributed by atoms with Gasteiger partial charge < -0.3 is 5.32 Å². The lowest BCUT2D eigenvalue weighted by atomic mass is 10.3. The third-order valence-electron chi connectivity index (χ3n) is 2.85. The molecule has 3 rings (SSSR count). The van der Waals surface area contributed by atoms with Gasteiger partial charge in [-0.25, -0.2) is 9.97 Å². The molecule has 2 aromatic heterocycles. The zero-order valence-corrected chi connectivity index (χ0v) is 14.1. The summed E-state index contributed by atoms with van der Waals surface area (Å²) in [6, 6.07) is 5.72. The second-order valence-corrected chi connectivity index (χ2v) is 6.16. The highest BCUT2D eigenvalue weighted by molar-refractivity contribution is 9.10. The molecule has 0 aliphatic heterocycles. The fourth-order valence-electron chi connectivity index (χ4n) is 1.87. The molecule has 102 valence electrons. The zero-order chi connectivity index (χ0) is 14.1. The van der Waals surface area contributed by atoms with Crippen LogP contribution in [0, 0.1) is 0 Å². The van der Waals surface area contributed by atoms with Crippen LogP contribution in [0.15, 0.2) is 45.9 Å². The van der Waals surface area contributed by atoms with Gasteiger partial charge in [-0.1, -0.05) is 17.7 Å². The molecule has 3 aromatic rings. The first-order valence-electron chi connectivity index (χ1n) is 5.80. The highest BCUT2D eigenvalue weighted by Crippen LogP contribution is 2.30. The molecule has 0 aliphatic rings. The fourth-order valence-corrected chi connectivity index (χ4v) is 2.76. The maximum absolute atomic E-state index is 6.07. The maximum atomic E-state index is 6.07. The van der Waals surface area contributed by atoms with Crippen molar-refractivity contribution in [3.8, 4) is 0 Å². The molecule has 0 unspecified atom stereocenters. The first-order chi connectivity index (χ1) is 9.65. The lowest BCUT2D eigenvalue weighted by molar-refractivity contribution is 0.982. The first kappa shape index (κ1) is 13.9. The number of imidazole rings is 1. The summed E-state index contributed by atoms with van der Waals surface area (Å²) in [4.78, 5) is 8.47. The van der Waals surface area contributed by atoms with Crippen molar-refractivity contribution in [2.24, 2.45) is 0 Å². The number of fused-ring (bicyclic) bond motifs is 1. The summed E-state index contributed by atoms with van der Waals surface area (Å²) in [5, 5.41) is 4.02. The lowest BCUT2D eigenvalue weighted by Gasteiger charge is -2.09. The molecule has 0 spiro atoms. The Morgan fingerprint density at radius 2 is 2.05 bits per heavy atom. The predicted octanol–water partition coefficient (Wildman–Crippen LogP) is 4.52. The molecule has 0 radical (unpaired) electrons. The van der Waals surface area contributed by atoms with Crippen molar-refractivity contribution in [2.75, 3.05) is 5.32 Å². The Labute approximate surface area is 137 Å². The van der Waals surface area contributed by atoms with Gasteiger partial charge in [-0.05, 0) is 44.0 Å². The van der Waals surface area contributed by atoms with Gasteiger partial charge in [0.25, 0.3) is 0 Å². The van der Waals surface area contributed by atoms with Crippen LogP contribution in [0.5, 0.6) is 0 Å². The number of hydrogen-bond acceptors (Lipinski definition) is 3. The molecule has 0 bridgehead atoms. The van der Waals surface area contributed by atoms with Crippen LogP contribution in [-0.2, 0) is 6.54 Å². The smallest absolute Gasteiger partial charge is 0.155 e. The number of nitrogens with one attached hydrogen (secondary N) is 1. The summed E-state index contributed by atoms with van der Waals surface area (Å²) >= 11 is 12.9. The number of aromatic nitrogens is 3. The van der Waals surface area contributed by atoms with Gasteiger partial charge in [0, 0.05) is 6.20 Å². The summed E-state index contributed by atoms with van der Waals surface area (Å²) in [7, 11) is 0. The van der Waals surface area contributed by atoms with Gasteiger partial charge >= 0.3 is 0 Å². The summed E-state index contributed by atoms with van der Waals surface area (Å²) in [5.41, 5.74) is 2.80. The Kier molecular flexibility index (Phi) is 3.96. The number of halogens is 3. The van der Waals surface area contributed by atoms with E-state index in [1.54, 1.807) is 6.20 Å². The van der Waals surface area contributed by atoms with Crippen molar-refractivity contribution in [1.82, 2.24) is 14.4 Å². The van der Waals surface area contributed by atoms with Crippen LogP contribution in [0.4, 0.5) is 5.69 Å². The molecule has 7 heteroatoms. The van der Waals surface area contributed by atoms with Crippen molar-refractivity contribution in [3.63, 3.8) is 0 Å². The molecule has 0 atom stereocenters. The van der Waals surface area contributed by atoms with Gasteiger partial charge in [0.05, 0.1) is 39.8 Å². The van der Waals surface area contributed by atoms with E-state index < -0.39 is 0 Å². The Morgan fingerprint density at radius 3 is 2.90 bits per heavy atom. The standard InChI is InChI=1S/C13H9Br2ClN4/c14-11-7-20-8(5-19-12(20)6-18-11)4-17-10-3-1-2-9(16)13(10)15/h1-3,5-7,17H,4H2. The van der Waals surface area contributed by atoms with Crippen molar-refractivity contribution in [1.29, 1.82) is 0 Å². The van der Waals surface area contributed by atoms with E-state index in [4.69, 9.17) is 11.6 Å². The summed E-state index contributed by atoms with van der Waals surface area (Å²) in [5.74, 6) is 0. The van der Waals surface area contributed by atoms with Crippen LogP contribution in [0.25, 0.3) is 5.65 Å². The second kappa shape index (κ2) is 5.71. The minimum Gasteiger partial charge on any atom is -0.378 e. The zero-order valence-electron chi connectivity index (χ0n) is 10.1. The molecule has 20 heavy (non-hydrogen) atoms. The molecule has 2 heterocycles. The van der Waals surface area contributed by atoms with Gasteiger partial charge in [-0.2, -0.15) is 0 Å². The molecule has 1 N–H and O–H groups in total. The normalized spacial score (nSPS) is 10.9. The van der Waals surface area contributed by atoms with Crippen molar-refractivity contribution >= 4 is 54.8 Å². The van der Waals surface area contributed by atoms with Gasteiger partial charge in [-0.3, -0.25) is 4.40 Å². The summed E-state index contributed by atoms with van der Waals surface area (Å²) in [6.07, 6.45) is 5.45. The van der Waals surface area contributed by atoms with Gasteiger partial charge in [0.15, 0.2) is 5.65 Å². The summed E-state index contributed by atoms with van der Waals surface area (Å²) < 4.78 is 3.62. The SMILES string of the molecule is Clc1cccc(NCc2cnc3cnc(Br)cn23)c1Br. The minimum atomic E-state index is 0.635. The van der Waals surface area contributed by atoms with Crippen LogP contribution >= 0.6 is 43.5 Å². The minimum absolute atomic E-state index is 0.635. The van der Waals surface area contributed by atoms with Crippen LogP contribution in [0.3, 0.4) is 0 Å². The summed E-state index contributed by atoms with van der Waals surface area (Å²) in [6.45, 7) is 0.635. The highest BCUT2D eigenvalue weighted by Gasteiger charge is 2.07. The average Bonchev–Trinajstić information content (AvgIpc) is 2.83. The topological polar surface area (TPSA) is 42.2 Å². The first-order valence-corrected chi connectivity index (χ1v) is 7.77. The van der Waals surface area contributed by atoms with E-state index in [1.165, 1.54) is 0 Å². The van der Waals surface area contributed by atoms with E-state index in [0.717, 1.165) is 26.1 Å². The van der Waals surface area contributed by atoms with Gasteiger partial charge in [0.1, 0.15) is 4.60 Å². The fraction of sp³-hybridized carbons (Fsp3) is 0.0769. The number of benzene rings is 1. The van der Waals surface area contributed by atoms with Gasteiger partial charge in [-0.15, -0.1) is 0 Å². The molecule has 0 saturated heterocycles. The average molecular weight is 417 g/mol. The molecule has 0 saturated carbocycles. The maximum Gasteiger partial charge on any atom is 0.155 e. The Bertz CT molecular complexity index is 772. The molecular weight excluding hydrogens is 407 g/mol. The number of anilines is 1. The number of nitrogens with zero attached hydrogens (tertiary/aromatic N) is 3. The van der Waals surface area contributed by atoms with Crippen LogP contribution < -0.4 is 5.32 Å². The van der Waals surface area contributed by atoms with Crippen LogP contribution in [0.2, 0.25) is 5.02 Å². The van der Waals surface area contributed by atoms with Crippen molar-refractivity contribution < 1.29 is 0 Å². The monoisotopic (exact) mass is 414 g/mol. The second-order valence-electron chi connectivity index (χ2n) is 4.14. The number of rotatable bonds is 3. The van der Waals surface area contributed by atoms with E-state index in [1.807, 2.05) is 35.0 Å². The quantitative estimate of drug-likeness (QED) is 0.683.